The summed E-state index contributed by atoms with van der Waals surface area (Å²) in [5.41, 5.74) is 2.55. The van der Waals surface area contributed by atoms with Crippen LogP contribution in [0.25, 0.3) is 32.5 Å². The van der Waals surface area contributed by atoms with Crippen LogP contribution in [0.5, 0.6) is 0 Å². The van der Waals surface area contributed by atoms with Crippen molar-refractivity contribution in [3.8, 4) is 11.4 Å². The minimum Gasteiger partial charge on any atom is -0.378 e. The van der Waals surface area contributed by atoms with E-state index < -0.39 is 10.0 Å². The minimum atomic E-state index is -3.17. The first-order chi connectivity index (χ1) is 17.7. The molecule has 0 atom stereocenters. The number of sulfonamides is 1. The Balaban J connectivity index is 1.42. The number of morpholine rings is 1. The number of anilines is 1. The molecule has 1 aromatic carbocycles. The van der Waals surface area contributed by atoms with Gasteiger partial charge in [0, 0.05) is 60.6 Å². The molecule has 12 heteroatoms. The monoisotopic (exact) mass is 541 g/mol. The third-order valence-electron chi connectivity index (χ3n) is 7.49. The zero-order valence-electron chi connectivity index (χ0n) is 21.3. The van der Waals surface area contributed by atoms with Gasteiger partial charge in [0.1, 0.15) is 0 Å². The van der Waals surface area contributed by atoms with E-state index in [-0.39, 0.29) is 5.54 Å². The van der Waals surface area contributed by atoms with Crippen LogP contribution in [0, 0.1) is 0 Å². The van der Waals surface area contributed by atoms with Gasteiger partial charge in [0.15, 0.2) is 11.6 Å². The summed E-state index contributed by atoms with van der Waals surface area (Å²) in [5.74, 6) is 1.63. The number of fused-ring (bicyclic) bond motifs is 2. The topological polar surface area (TPSA) is 108 Å². The summed E-state index contributed by atoms with van der Waals surface area (Å²) in [5, 5.41) is 8.25. The molecule has 5 heterocycles. The van der Waals surface area contributed by atoms with Gasteiger partial charge in [-0.3, -0.25) is 10.00 Å². The zero-order valence-corrected chi connectivity index (χ0v) is 22.9. The van der Waals surface area contributed by atoms with Gasteiger partial charge in [-0.25, -0.2) is 18.4 Å². The summed E-state index contributed by atoms with van der Waals surface area (Å²) in [4.78, 5) is 16.0. The summed E-state index contributed by atoms with van der Waals surface area (Å²) in [7, 11) is -3.17. The number of aromatic amines is 1. The van der Waals surface area contributed by atoms with E-state index in [4.69, 9.17) is 14.7 Å². The molecular weight excluding hydrogens is 510 g/mol. The van der Waals surface area contributed by atoms with Crippen molar-refractivity contribution in [1.82, 2.24) is 29.4 Å². The molecule has 0 saturated carbocycles. The van der Waals surface area contributed by atoms with Crippen molar-refractivity contribution < 1.29 is 13.2 Å². The maximum Gasteiger partial charge on any atom is 0.211 e. The summed E-state index contributed by atoms with van der Waals surface area (Å²) in [6.45, 7) is 9.71. The Bertz CT molecular complexity index is 1550. The van der Waals surface area contributed by atoms with Gasteiger partial charge in [0.2, 0.25) is 10.0 Å². The van der Waals surface area contributed by atoms with Crippen molar-refractivity contribution >= 4 is 48.3 Å². The molecule has 3 aromatic heterocycles. The average Bonchev–Trinajstić information content (AvgIpc) is 3.56. The summed E-state index contributed by atoms with van der Waals surface area (Å²) < 4.78 is 32.3. The van der Waals surface area contributed by atoms with Gasteiger partial charge in [0.05, 0.1) is 41.4 Å². The second-order valence-corrected chi connectivity index (χ2v) is 13.2. The van der Waals surface area contributed by atoms with E-state index in [2.05, 4.69) is 39.9 Å². The first kappa shape index (κ1) is 24.7. The van der Waals surface area contributed by atoms with Crippen LogP contribution in [0.4, 0.5) is 5.82 Å². The maximum atomic E-state index is 12.0. The second kappa shape index (κ2) is 9.28. The van der Waals surface area contributed by atoms with Crippen molar-refractivity contribution in [1.29, 1.82) is 0 Å². The van der Waals surface area contributed by atoms with E-state index in [1.807, 2.05) is 24.4 Å². The Morgan fingerprint density at radius 1 is 1.05 bits per heavy atom. The number of piperazine rings is 1. The van der Waals surface area contributed by atoms with Crippen molar-refractivity contribution in [2.75, 3.05) is 63.6 Å². The Morgan fingerprint density at radius 2 is 1.81 bits per heavy atom. The molecular formula is C25H31N7O3S2. The normalized spacial score (nSPS) is 18.7. The molecule has 0 aliphatic carbocycles. The third-order valence-corrected chi connectivity index (χ3v) is 10.2. The molecule has 10 nitrogen and oxygen atoms in total. The maximum absolute atomic E-state index is 12.0. The summed E-state index contributed by atoms with van der Waals surface area (Å²) in [6, 6.07) is 8.23. The van der Waals surface area contributed by atoms with Crippen LogP contribution in [0.2, 0.25) is 0 Å². The third kappa shape index (κ3) is 4.50. The predicted molar refractivity (Wildman–Crippen MR) is 147 cm³/mol. The Kier molecular flexibility index (Phi) is 6.19. The number of thiophene rings is 1. The first-order valence-corrected chi connectivity index (χ1v) is 15.2. The van der Waals surface area contributed by atoms with Crippen molar-refractivity contribution in [2.45, 2.75) is 19.4 Å². The van der Waals surface area contributed by atoms with Crippen LogP contribution in [0.3, 0.4) is 0 Å². The molecule has 0 unspecified atom stereocenters. The highest BCUT2D eigenvalue weighted by molar-refractivity contribution is 7.88. The van der Waals surface area contributed by atoms with Gasteiger partial charge in [-0.2, -0.15) is 9.40 Å². The number of rotatable bonds is 5. The van der Waals surface area contributed by atoms with Gasteiger partial charge in [-0.1, -0.05) is 12.1 Å². The highest BCUT2D eigenvalue weighted by atomic mass is 32.2. The number of aromatic nitrogens is 4. The number of nitrogens with one attached hydrogen (secondary N) is 1. The molecule has 37 heavy (non-hydrogen) atoms. The van der Waals surface area contributed by atoms with Gasteiger partial charge in [-0.15, -0.1) is 11.3 Å². The number of hydrogen-bond donors (Lipinski definition) is 1. The van der Waals surface area contributed by atoms with Crippen molar-refractivity contribution in [3.63, 3.8) is 0 Å². The van der Waals surface area contributed by atoms with Crippen molar-refractivity contribution in [2.24, 2.45) is 0 Å². The molecule has 2 fully saturated rings. The summed E-state index contributed by atoms with van der Waals surface area (Å²) >= 11 is 1.73. The van der Waals surface area contributed by atoms with E-state index >= 15 is 0 Å². The lowest BCUT2D eigenvalue weighted by Gasteiger charge is -2.43. The summed E-state index contributed by atoms with van der Waals surface area (Å²) in [6.07, 6.45) is 3.11. The Hall–Kier alpha value is -2.64. The van der Waals surface area contributed by atoms with Crippen LogP contribution >= 0.6 is 11.3 Å². The fourth-order valence-corrected chi connectivity index (χ4v) is 7.30. The van der Waals surface area contributed by atoms with Crippen LogP contribution in [-0.2, 0) is 20.3 Å². The highest BCUT2D eigenvalue weighted by Gasteiger charge is 2.35. The minimum absolute atomic E-state index is 0.276. The number of benzene rings is 1. The lowest BCUT2D eigenvalue weighted by atomic mass is 9.99. The SMILES string of the molecule is CC(C)(c1cc2nc(-c3cccc4[nH]ncc34)nc(N3CCOCC3)c2s1)N1CCN(S(C)(=O)=O)CC1. The van der Waals surface area contributed by atoms with Crippen LogP contribution in [0.1, 0.15) is 18.7 Å². The number of ether oxygens (including phenoxy) is 1. The van der Waals surface area contributed by atoms with Crippen LogP contribution in [0.15, 0.2) is 30.5 Å². The molecule has 0 radical (unpaired) electrons. The number of H-pyrrole nitrogens is 1. The molecule has 0 spiro atoms. The van der Waals surface area contributed by atoms with E-state index in [0.29, 0.717) is 45.2 Å². The standard InChI is InChI=1S/C25H31N7O3S2/c1-25(2,31-7-9-32(10-8-31)37(3,33)34)21-15-20-22(36-21)24(30-11-13-35-14-12-30)28-23(27-20)17-5-4-6-19-18(17)16-26-29-19/h4-6,15-16H,7-14H2,1-3H3,(H,26,29). The van der Waals surface area contributed by atoms with Gasteiger partial charge >= 0.3 is 0 Å². The number of nitrogens with zero attached hydrogens (tertiary/aromatic N) is 6. The average molecular weight is 542 g/mol. The molecule has 0 amide bonds. The highest BCUT2D eigenvalue weighted by Crippen LogP contribution is 2.41. The molecule has 2 aliphatic rings. The predicted octanol–water partition coefficient (Wildman–Crippen LogP) is 2.88. The van der Waals surface area contributed by atoms with Gasteiger partial charge in [0.25, 0.3) is 0 Å². The van der Waals surface area contributed by atoms with E-state index in [1.165, 1.54) is 11.1 Å². The number of hydrogen-bond acceptors (Lipinski definition) is 9. The first-order valence-electron chi connectivity index (χ1n) is 12.5. The fraction of sp³-hybridized carbons (Fsp3) is 0.480. The van der Waals surface area contributed by atoms with Crippen LogP contribution < -0.4 is 4.90 Å². The largest absolute Gasteiger partial charge is 0.378 e. The molecule has 196 valence electrons. The molecule has 0 bridgehead atoms. The Morgan fingerprint density at radius 3 is 2.54 bits per heavy atom. The lowest BCUT2D eigenvalue weighted by molar-refractivity contribution is 0.0805. The van der Waals surface area contributed by atoms with Crippen molar-refractivity contribution in [3.05, 3.63) is 35.3 Å². The van der Waals surface area contributed by atoms with Crippen LogP contribution in [-0.4, -0.2) is 96.5 Å². The lowest BCUT2D eigenvalue weighted by Crippen LogP contribution is -2.54. The van der Waals surface area contributed by atoms with Gasteiger partial charge < -0.3 is 9.64 Å². The molecule has 1 N–H and O–H groups in total. The smallest absolute Gasteiger partial charge is 0.211 e. The van der Waals surface area contributed by atoms with E-state index in [0.717, 1.165) is 45.6 Å². The molecule has 2 aliphatic heterocycles. The quantitative estimate of drug-likeness (QED) is 0.411. The second-order valence-electron chi connectivity index (χ2n) is 10.1. The molecule has 6 rings (SSSR count). The zero-order chi connectivity index (χ0) is 25.8. The van der Waals surface area contributed by atoms with E-state index in [1.54, 1.807) is 15.6 Å². The molecule has 4 aromatic rings. The molecule has 2 saturated heterocycles. The van der Waals surface area contributed by atoms with E-state index in [9.17, 15) is 8.42 Å². The Labute approximate surface area is 220 Å². The fourth-order valence-electron chi connectivity index (χ4n) is 5.22. The van der Waals surface area contributed by atoms with Gasteiger partial charge in [-0.05, 0) is 26.0 Å².